The fourth-order valence-electron chi connectivity index (χ4n) is 4.72. The molecule has 0 aliphatic rings. The molecule has 0 spiro atoms. The zero-order valence-corrected chi connectivity index (χ0v) is 23.2. The Bertz CT molecular complexity index is 388. The minimum Gasteiger partial charge on any atom is -0.381 e. The van der Waals surface area contributed by atoms with Crippen LogP contribution >= 0.6 is 7.14 Å². The Kier molecular flexibility index (Phi) is 22.1. The van der Waals surface area contributed by atoms with Crippen molar-refractivity contribution in [1.29, 1.82) is 0 Å². The van der Waals surface area contributed by atoms with E-state index in [1.165, 1.54) is 96.3 Å². The predicted molar refractivity (Wildman–Crippen MR) is 142 cm³/mol. The highest BCUT2D eigenvalue weighted by Gasteiger charge is 2.28. The van der Waals surface area contributed by atoms with E-state index in [-0.39, 0.29) is 0 Å². The second-order valence-electron chi connectivity index (χ2n) is 10.1. The molecule has 0 radical (unpaired) electrons. The van der Waals surface area contributed by atoms with E-state index in [1.807, 2.05) is 0 Å². The zero-order valence-electron chi connectivity index (χ0n) is 22.3. The highest BCUT2D eigenvalue weighted by molar-refractivity contribution is 7.63. The van der Waals surface area contributed by atoms with Gasteiger partial charge in [-0.05, 0) is 31.1 Å². The van der Waals surface area contributed by atoms with Crippen LogP contribution in [0.15, 0.2) is 0 Å². The molecule has 0 saturated carbocycles. The molecular weight excluding hydrogens is 399 g/mol. The standard InChI is InChI=1S/C28H59O2P/c1-6-11-14-17-22-30-23-18-15-16-19-24-31(29,25-27(9-4)20-12-7-2)26-28(10-5)21-13-8-3/h27-28H,6-26H2,1-5H3. The minimum atomic E-state index is -2.05. The van der Waals surface area contributed by atoms with Gasteiger partial charge in [-0.2, -0.15) is 0 Å². The van der Waals surface area contributed by atoms with Crippen LogP contribution in [0.2, 0.25) is 0 Å². The molecule has 0 bridgehead atoms. The average molecular weight is 459 g/mol. The topological polar surface area (TPSA) is 26.3 Å². The van der Waals surface area contributed by atoms with Crippen molar-refractivity contribution in [2.45, 2.75) is 137 Å². The predicted octanol–water partition coefficient (Wildman–Crippen LogP) is 9.94. The average Bonchev–Trinajstić information content (AvgIpc) is 2.77. The van der Waals surface area contributed by atoms with Crippen LogP contribution in [0.3, 0.4) is 0 Å². The van der Waals surface area contributed by atoms with E-state index in [9.17, 15) is 4.57 Å². The number of ether oxygens (including phenoxy) is 1. The first-order valence-corrected chi connectivity index (χ1v) is 16.5. The van der Waals surface area contributed by atoms with Crippen molar-refractivity contribution in [2.75, 3.05) is 31.7 Å². The van der Waals surface area contributed by atoms with Crippen molar-refractivity contribution in [3.05, 3.63) is 0 Å². The molecule has 0 amide bonds. The minimum absolute atomic E-state index is 0.676. The summed E-state index contributed by atoms with van der Waals surface area (Å²) in [7, 11) is -2.05. The van der Waals surface area contributed by atoms with E-state index >= 15 is 0 Å². The van der Waals surface area contributed by atoms with Crippen molar-refractivity contribution in [3.63, 3.8) is 0 Å². The van der Waals surface area contributed by atoms with Gasteiger partial charge in [-0.25, -0.2) is 0 Å². The van der Waals surface area contributed by atoms with Crippen LogP contribution in [-0.2, 0) is 9.30 Å². The molecule has 2 atom stereocenters. The van der Waals surface area contributed by atoms with Crippen LogP contribution in [0.1, 0.15) is 137 Å². The SMILES string of the molecule is CCCCCCOCCCCCCP(=O)(CC(CC)CCCC)CC(CC)CCCC. The molecule has 0 aromatic rings. The number of hydrogen-bond donors (Lipinski definition) is 0. The maximum Gasteiger partial charge on any atom is 0.0883 e. The van der Waals surface area contributed by atoms with Crippen LogP contribution < -0.4 is 0 Å². The van der Waals surface area contributed by atoms with Gasteiger partial charge in [0.2, 0.25) is 0 Å². The first kappa shape index (κ1) is 31.2. The molecule has 3 heteroatoms. The Morgan fingerprint density at radius 1 is 0.581 bits per heavy atom. The highest BCUT2D eigenvalue weighted by Crippen LogP contribution is 2.52. The Morgan fingerprint density at radius 2 is 1.03 bits per heavy atom. The van der Waals surface area contributed by atoms with Gasteiger partial charge in [-0.15, -0.1) is 0 Å². The van der Waals surface area contributed by atoms with Crippen LogP contribution in [0.4, 0.5) is 0 Å². The molecule has 0 aliphatic heterocycles. The van der Waals surface area contributed by atoms with Crippen molar-refractivity contribution in [1.82, 2.24) is 0 Å². The fourth-order valence-corrected chi connectivity index (χ4v) is 8.80. The molecule has 0 rings (SSSR count). The third kappa shape index (κ3) is 18.3. The summed E-state index contributed by atoms with van der Waals surface area (Å²) in [6.07, 6.45) is 23.0. The van der Waals surface area contributed by atoms with Crippen molar-refractivity contribution < 1.29 is 9.30 Å². The number of hydrogen-bond acceptors (Lipinski definition) is 2. The first-order valence-electron chi connectivity index (χ1n) is 14.2. The molecule has 2 nitrogen and oxygen atoms in total. The summed E-state index contributed by atoms with van der Waals surface area (Å²) in [4.78, 5) is 0. The van der Waals surface area contributed by atoms with Gasteiger partial charge in [-0.3, -0.25) is 0 Å². The lowest BCUT2D eigenvalue weighted by Gasteiger charge is -2.27. The molecule has 0 fully saturated rings. The summed E-state index contributed by atoms with van der Waals surface area (Å²) in [5.41, 5.74) is 0. The van der Waals surface area contributed by atoms with Crippen LogP contribution in [0.5, 0.6) is 0 Å². The van der Waals surface area contributed by atoms with Gasteiger partial charge in [0, 0.05) is 31.7 Å². The van der Waals surface area contributed by atoms with Crippen LogP contribution in [-0.4, -0.2) is 31.7 Å². The van der Waals surface area contributed by atoms with Gasteiger partial charge < -0.3 is 9.30 Å². The van der Waals surface area contributed by atoms with E-state index in [4.69, 9.17) is 4.74 Å². The number of unbranched alkanes of at least 4 members (excludes halogenated alkanes) is 8. The Balaban J connectivity index is 4.41. The smallest absolute Gasteiger partial charge is 0.0883 e. The fraction of sp³-hybridized carbons (Fsp3) is 1.00. The van der Waals surface area contributed by atoms with Gasteiger partial charge in [0.05, 0.1) is 7.14 Å². The lowest BCUT2D eigenvalue weighted by molar-refractivity contribution is 0.126. The Hall–Kier alpha value is 0.190. The summed E-state index contributed by atoms with van der Waals surface area (Å²) in [5, 5.41) is 0. The van der Waals surface area contributed by atoms with E-state index in [0.29, 0.717) is 11.8 Å². The second-order valence-corrected chi connectivity index (χ2v) is 13.4. The van der Waals surface area contributed by atoms with E-state index in [1.54, 1.807) is 0 Å². The molecule has 0 heterocycles. The lowest BCUT2D eigenvalue weighted by Crippen LogP contribution is -2.15. The van der Waals surface area contributed by atoms with E-state index in [2.05, 4.69) is 34.6 Å². The van der Waals surface area contributed by atoms with Crippen LogP contribution in [0, 0.1) is 11.8 Å². The summed E-state index contributed by atoms with van der Waals surface area (Å²) in [6, 6.07) is 0. The van der Waals surface area contributed by atoms with Gasteiger partial charge in [0.1, 0.15) is 0 Å². The summed E-state index contributed by atoms with van der Waals surface area (Å²) < 4.78 is 19.9. The summed E-state index contributed by atoms with van der Waals surface area (Å²) in [5.74, 6) is 1.35. The summed E-state index contributed by atoms with van der Waals surface area (Å²) >= 11 is 0. The molecular formula is C28H59O2P. The molecule has 0 N–H and O–H groups in total. The van der Waals surface area contributed by atoms with Crippen LogP contribution in [0.25, 0.3) is 0 Å². The van der Waals surface area contributed by atoms with Gasteiger partial charge >= 0.3 is 0 Å². The van der Waals surface area contributed by atoms with Crippen molar-refractivity contribution in [3.8, 4) is 0 Å². The maximum absolute atomic E-state index is 14.1. The quantitative estimate of drug-likeness (QED) is 0.106. The molecule has 0 aliphatic carbocycles. The molecule has 0 aromatic heterocycles. The molecule has 188 valence electrons. The molecule has 0 aromatic carbocycles. The first-order chi connectivity index (χ1) is 15.0. The normalized spacial score (nSPS) is 15.6. The number of rotatable bonds is 24. The monoisotopic (exact) mass is 458 g/mol. The Labute approximate surface area is 197 Å². The molecule has 31 heavy (non-hydrogen) atoms. The maximum atomic E-state index is 14.1. The molecule has 0 saturated heterocycles. The van der Waals surface area contributed by atoms with Gasteiger partial charge in [0.25, 0.3) is 0 Å². The molecule has 2 unspecified atom stereocenters. The van der Waals surface area contributed by atoms with Crippen molar-refractivity contribution in [2.24, 2.45) is 11.8 Å². The van der Waals surface area contributed by atoms with Crippen molar-refractivity contribution >= 4 is 7.14 Å². The highest BCUT2D eigenvalue weighted by atomic mass is 31.2. The largest absolute Gasteiger partial charge is 0.381 e. The zero-order chi connectivity index (χ0) is 23.2. The van der Waals surface area contributed by atoms with Gasteiger partial charge in [0.15, 0.2) is 0 Å². The third-order valence-corrected chi connectivity index (χ3v) is 10.5. The lowest BCUT2D eigenvalue weighted by atomic mass is 10.0. The van der Waals surface area contributed by atoms with Gasteiger partial charge in [-0.1, -0.05) is 118 Å². The third-order valence-electron chi connectivity index (χ3n) is 7.01. The Morgan fingerprint density at radius 3 is 1.48 bits per heavy atom. The van der Waals surface area contributed by atoms with E-state index < -0.39 is 7.14 Å². The summed E-state index contributed by atoms with van der Waals surface area (Å²) in [6.45, 7) is 13.3. The van der Waals surface area contributed by atoms with E-state index in [0.717, 1.165) is 38.1 Å². The second kappa shape index (κ2) is 22.0.